The SMILES string of the molecule is C=CCn1c(SCC(=O)N(CC)Cc2ccc3c(c2)OCCO3)nnc1-c1ccc(OC)cc1. The Kier molecular flexibility index (Phi) is 7.74. The molecule has 178 valence electrons. The van der Waals surface area contributed by atoms with Crippen molar-refractivity contribution in [3.63, 3.8) is 0 Å². The largest absolute Gasteiger partial charge is 0.497 e. The van der Waals surface area contributed by atoms with Crippen LogP contribution in [0, 0.1) is 0 Å². The highest BCUT2D eigenvalue weighted by Gasteiger charge is 2.19. The van der Waals surface area contributed by atoms with Crippen molar-refractivity contribution in [2.24, 2.45) is 0 Å². The van der Waals surface area contributed by atoms with Gasteiger partial charge in [-0.1, -0.05) is 23.9 Å². The van der Waals surface area contributed by atoms with E-state index in [0.717, 1.165) is 34.2 Å². The molecule has 0 radical (unpaired) electrons. The maximum absolute atomic E-state index is 13.0. The van der Waals surface area contributed by atoms with Crippen LogP contribution in [0.5, 0.6) is 17.2 Å². The van der Waals surface area contributed by atoms with Crippen molar-refractivity contribution in [3.8, 4) is 28.6 Å². The molecule has 0 saturated carbocycles. The summed E-state index contributed by atoms with van der Waals surface area (Å²) in [5.74, 6) is 3.26. The number of rotatable bonds is 10. The van der Waals surface area contributed by atoms with Crippen LogP contribution in [0.4, 0.5) is 0 Å². The number of aromatic nitrogens is 3. The monoisotopic (exact) mass is 480 g/mol. The number of thioether (sulfide) groups is 1. The van der Waals surface area contributed by atoms with E-state index in [1.807, 2.05) is 58.9 Å². The zero-order valence-electron chi connectivity index (χ0n) is 19.4. The van der Waals surface area contributed by atoms with Crippen molar-refractivity contribution < 1.29 is 19.0 Å². The van der Waals surface area contributed by atoms with Gasteiger partial charge in [0.1, 0.15) is 19.0 Å². The fraction of sp³-hybridized carbons (Fsp3) is 0.320. The second-order valence-electron chi connectivity index (χ2n) is 7.61. The van der Waals surface area contributed by atoms with Gasteiger partial charge in [-0.05, 0) is 48.9 Å². The molecule has 0 aliphatic carbocycles. The predicted molar refractivity (Wildman–Crippen MR) is 131 cm³/mol. The van der Waals surface area contributed by atoms with Crippen molar-refractivity contribution in [1.29, 1.82) is 0 Å². The number of allylic oxidation sites excluding steroid dienone is 1. The summed E-state index contributed by atoms with van der Waals surface area (Å²) in [6, 6.07) is 13.5. The van der Waals surface area contributed by atoms with Gasteiger partial charge in [0.15, 0.2) is 22.5 Å². The normalized spacial score (nSPS) is 12.3. The summed E-state index contributed by atoms with van der Waals surface area (Å²) in [6.07, 6.45) is 1.79. The predicted octanol–water partition coefficient (Wildman–Crippen LogP) is 4.05. The van der Waals surface area contributed by atoms with Crippen LogP contribution in [0.25, 0.3) is 11.4 Å². The summed E-state index contributed by atoms with van der Waals surface area (Å²) in [7, 11) is 1.63. The average molecular weight is 481 g/mol. The molecule has 8 nitrogen and oxygen atoms in total. The third kappa shape index (κ3) is 5.36. The third-order valence-corrected chi connectivity index (χ3v) is 6.37. The number of carbonyl (C=O) groups is 1. The lowest BCUT2D eigenvalue weighted by Gasteiger charge is -2.23. The molecule has 0 saturated heterocycles. The molecule has 0 N–H and O–H groups in total. The summed E-state index contributed by atoms with van der Waals surface area (Å²) >= 11 is 1.38. The molecule has 2 heterocycles. The highest BCUT2D eigenvalue weighted by molar-refractivity contribution is 7.99. The van der Waals surface area contributed by atoms with Gasteiger partial charge in [-0.25, -0.2) is 0 Å². The van der Waals surface area contributed by atoms with Crippen LogP contribution in [-0.4, -0.2) is 58.2 Å². The average Bonchev–Trinajstić information content (AvgIpc) is 3.28. The van der Waals surface area contributed by atoms with Gasteiger partial charge in [-0.15, -0.1) is 16.8 Å². The van der Waals surface area contributed by atoms with E-state index in [9.17, 15) is 4.79 Å². The first-order valence-electron chi connectivity index (χ1n) is 11.1. The molecule has 0 atom stereocenters. The van der Waals surface area contributed by atoms with E-state index < -0.39 is 0 Å². The van der Waals surface area contributed by atoms with Crippen LogP contribution >= 0.6 is 11.8 Å². The Morgan fingerprint density at radius 2 is 1.94 bits per heavy atom. The molecule has 1 amide bonds. The van der Waals surface area contributed by atoms with E-state index >= 15 is 0 Å². The highest BCUT2D eigenvalue weighted by Crippen LogP contribution is 2.31. The molecule has 0 fully saturated rings. The second-order valence-corrected chi connectivity index (χ2v) is 8.55. The van der Waals surface area contributed by atoms with Gasteiger partial charge in [-0.3, -0.25) is 9.36 Å². The molecule has 0 unspecified atom stereocenters. The molecule has 3 aromatic rings. The lowest BCUT2D eigenvalue weighted by Crippen LogP contribution is -2.31. The molecule has 0 bridgehead atoms. The molecule has 34 heavy (non-hydrogen) atoms. The number of methoxy groups -OCH3 is 1. The van der Waals surface area contributed by atoms with E-state index in [1.165, 1.54) is 11.8 Å². The number of hydrogen-bond donors (Lipinski definition) is 0. The molecule has 1 aromatic heterocycles. The van der Waals surface area contributed by atoms with Gasteiger partial charge in [-0.2, -0.15) is 0 Å². The second kappa shape index (κ2) is 11.1. The topological polar surface area (TPSA) is 78.7 Å². The third-order valence-electron chi connectivity index (χ3n) is 5.42. The van der Waals surface area contributed by atoms with Crippen LogP contribution in [0.3, 0.4) is 0 Å². The van der Waals surface area contributed by atoms with Crippen molar-refractivity contribution in [1.82, 2.24) is 19.7 Å². The van der Waals surface area contributed by atoms with E-state index in [4.69, 9.17) is 14.2 Å². The van der Waals surface area contributed by atoms with Gasteiger partial charge in [0.25, 0.3) is 0 Å². The summed E-state index contributed by atoms with van der Waals surface area (Å²) in [6.45, 7) is 8.56. The molecular weight excluding hydrogens is 452 g/mol. The smallest absolute Gasteiger partial charge is 0.233 e. The zero-order chi connectivity index (χ0) is 23.9. The van der Waals surface area contributed by atoms with Gasteiger partial charge >= 0.3 is 0 Å². The Balaban J connectivity index is 1.43. The fourth-order valence-electron chi connectivity index (χ4n) is 3.64. The van der Waals surface area contributed by atoms with Crippen LogP contribution in [0.15, 0.2) is 60.3 Å². The molecule has 1 aliphatic heterocycles. The standard InChI is InChI=1S/C25H28N4O4S/c1-4-12-29-24(19-7-9-20(31-3)10-8-19)26-27-25(29)34-17-23(30)28(5-2)16-18-6-11-21-22(15-18)33-14-13-32-21/h4,6-11,15H,1,5,12-14,16-17H2,2-3H3. The number of amides is 1. The van der Waals surface area contributed by atoms with Crippen molar-refractivity contribution in [3.05, 3.63) is 60.7 Å². The highest BCUT2D eigenvalue weighted by atomic mass is 32.2. The van der Waals surface area contributed by atoms with E-state index in [2.05, 4.69) is 16.8 Å². The molecule has 9 heteroatoms. The Morgan fingerprint density at radius 3 is 2.65 bits per heavy atom. The van der Waals surface area contributed by atoms with Crippen molar-refractivity contribution >= 4 is 17.7 Å². The molecule has 0 spiro atoms. The summed E-state index contributed by atoms with van der Waals surface area (Å²) in [4.78, 5) is 14.8. The number of hydrogen-bond acceptors (Lipinski definition) is 7. The van der Waals surface area contributed by atoms with E-state index in [-0.39, 0.29) is 11.7 Å². The van der Waals surface area contributed by atoms with Gasteiger partial charge in [0.05, 0.1) is 12.9 Å². The van der Waals surface area contributed by atoms with Crippen LogP contribution in [0.2, 0.25) is 0 Å². The first kappa shape index (κ1) is 23.7. The quantitative estimate of drug-likeness (QED) is 0.320. The lowest BCUT2D eigenvalue weighted by molar-refractivity contribution is -0.128. The Hall–Kier alpha value is -3.46. The van der Waals surface area contributed by atoms with Crippen LogP contribution in [-0.2, 0) is 17.9 Å². The summed E-state index contributed by atoms with van der Waals surface area (Å²) in [5.41, 5.74) is 1.92. The number of fused-ring (bicyclic) bond motifs is 1. The molecule has 4 rings (SSSR count). The molecule has 1 aliphatic rings. The lowest BCUT2D eigenvalue weighted by atomic mass is 10.2. The van der Waals surface area contributed by atoms with Crippen LogP contribution in [0.1, 0.15) is 12.5 Å². The minimum absolute atomic E-state index is 0.0292. The van der Waals surface area contributed by atoms with Gasteiger partial charge in [0, 0.05) is 25.2 Å². The Labute approximate surface area is 203 Å². The summed E-state index contributed by atoms with van der Waals surface area (Å²) in [5, 5.41) is 9.38. The number of nitrogens with zero attached hydrogens (tertiary/aromatic N) is 4. The van der Waals surface area contributed by atoms with Gasteiger partial charge < -0.3 is 19.1 Å². The van der Waals surface area contributed by atoms with E-state index in [0.29, 0.717) is 38.0 Å². The fourth-order valence-corrected chi connectivity index (χ4v) is 4.49. The summed E-state index contributed by atoms with van der Waals surface area (Å²) < 4.78 is 18.5. The Bertz CT molecular complexity index is 1150. The number of benzene rings is 2. The zero-order valence-corrected chi connectivity index (χ0v) is 20.2. The van der Waals surface area contributed by atoms with Crippen LogP contribution < -0.4 is 14.2 Å². The first-order chi connectivity index (χ1) is 16.6. The maximum Gasteiger partial charge on any atom is 0.233 e. The minimum atomic E-state index is 0.0292. The maximum atomic E-state index is 13.0. The number of ether oxygens (including phenoxy) is 3. The van der Waals surface area contributed by atoms with Crippen molar-refractivity contribution in [2.75, 3.05) is 32.6 Å². The molecular formula is C25H28N4O4S. The first-order valence-corrected chi connectivity index (χ1v) is 12.1. The Morgan fingerprint density at radius 1 is 1.18 bits per heavy atom. The van der Waals surface area contributed by atoms with Gasteiger partial charge in [0.2, 0.25) is 5.91 Å². The number of carbonyl (C=O) groups excluding carboxylic acids is 1. The van der Waals surface area contributed by atoms with Crippen molar-refractivity contribution in [2.45, 2.75) is 25.2 Å². The van der Waals surface area contributed by atoms with E-state index in [1.54, 1.807) is 13.2 Å². The minimum Gasteiger partial charge on any atom is -0.497 e. The molecule has 2 aromatic carbocycles.